The van der Waals surface area contributed by atoms with Crippen LogP contribution in [0.3, 0.4) is 0 Å². The van der Waals surface area contributed by atoms with Crippen LogP contribution >= 0.6 is 0 Å². The summed E-state index contributed by atoms with van der Waals surface area (Å²) in [6.45, 7) is -0.398. The number of rotatable bonds is 7. The van der Waals surface area contributed by atoms with Crippen LogP contribution in [0.2, 0.25) is 0 Å². The molecule has 0 radical (unpaired) electrons. The first-order valence-corrected chi connectivity index (χ1v) is 8.19. The Labute approximate surface area is 155 Å². The molecule has 0 bridgehead atoms. The van der Waals surface area contributed by atoms with Crippen LogP contribution in [0.25, 0.3) is 17.0 Å². The molecule has 0 saturated heterocycles. The van der Waals surface area contributed by atoms with Crippen molar-refractivity contribution in [3.63, 3.8) is 0 Å². The molecule has 3 rings (SSSR count). The summed E-state index contributed by atoms with van der Waals surface area (Å²) in [5.41, 5.74) is 1.31. The lowest BCUT2D eigenvalue weighted by atomic mass is 10.2. The molecule has 0 unspecified atom stereocenters. The van der Waals surface area contributed by atoms with Gasteiger partial charge in [0, 0.05) is 17.5 Å². The number of hydrogen-bond acceptors (Lipinski definition) is 6. The zero-order valence-corrected chi connectivity index (χ0v) is 14.9. The maximum absolute atomic E-state index is 12.1. The van der Waals surface area contributed by atoms with Crippen LogP contribution in [0.5, 0.6) is 11.5 Å². The second kappa shape index (κ2) is 8.23. The Morgan fingerprint density at radius 1 is 1.00 bits per heavy atom. The highest BCUT2D eigenvalue weighted by molar-refractivity contribution is 5.99. The van der Waals surface area contributed by atoms with Gasteiger partial charge in [-0.2, -0.15) is 0 Å². The van der Waals surface area contributed by atoms with E-state index in [1.165, 1.54) is 6.08 Å². The Morgan fingerprint density at radius 2 is 1.70 bits per heavy atom. The van der Waals surface area contributed by atoms with Crippen molar-refractivity contribution in [2.24, 2.45) is 0 Å². The van der Waals surface area contributed by atoms with Crippen LogP contribution in [0.4, 0.5) is 0 Å². The molecule has 6 nitrogen and oxygen atoms in total. The van der Waals surface area contributed by atoms with Crippen LogP contribution < -0.4 is 9.47 Å². The highest BCUT2D eigenvalue weighted by atomic mass is 16.5. The number of ketones is 1. The van der Waals surface area contributed by atoms with Crippen molar-refractivity contribution in [1.82, 2.24) is 0 Å². The number of hydrogen-bond donors (Lipinski definition) is 0. The highest BCUT2D eigenvalue weighted by Crippen LogP contribution is 2.23. The molecule has 0 spiro atoms. The third-order valence-corrected chi connectivity index (χ3v) is 3.83. The minimum Gasteiger partial charge on any atom is -0.497 e. The second-order valence-electron chi connectivity index (χ2n) is 5.66. The molecule has 0 atom stereocenters. The number of ether oxygens (including phenoxy) is 3. The molecule has 1 aromatic heterocycles. The molecule has 0 aliphatic carbocycles. The smallest absolute Gasteiger partial charge is 0.331 e. The quantitative estimate of drug-likeness (QED) is 0.359. The van der Waals surface area contributed by atoms with Crippen LogP contribution in [0.1, 0.15) is 16.1 Å². The first-order chi connectivity index (χ1) is 13.1. The minimum atomic E-state index is -0.638. The van der Waals surface area contributed by atoms with Gasteiger partial charge in [-0.05, 0) is 35.9 Å². The molecule has 0 saturated carbocycles. The third kappa shape index (κ3) is 4.55. The average Bonchev–Trinajstić information content (AvgIpc) is 3.14. The topological polar surface area (TPSA) is 75.0 Å². The maximum atomic E-state index is 12.1. The van der Waals surface area contributed by atoms with E-state index in [1.54, 1.807) is 50.6 Å². The van der Waals surface area contributed by atoms with Crippen molar-refractivity contribution < 1.29 is 28.2 Å². The molecule has 0 N–H and O–H groups in total. The van der Waals surface area contributed by atoms with Gasteiger partial charge in [0.05, 0.1) is 14.2 Å². The van der Waals surface area contributed by atoms with Gasteiger partial charge in [0.1, 0.15) is 17.1 Å². The number of carbonyl (C=O) groups is 2. The fourth-order valence-electron chi connectivity index (χ4n) is 2.47. The van der Waals surface area contributed by atoms with Gasteiger partial charge in [0.15, 0.2) is 12.4 Å². The van der Waals surface area contributed by atoms with E-state index in [2.05, 4.69) is 0 Å². The number of Topliss-reactive ketones (excluding diaryl/α,β-unsaturated/α-hetero) is 1. The van der Waals surface area contributed by atoms with Crippen molar-refractivity contribution >= 4 is 28.8 Å². The van der Waals surface area contributed by atoms with E-state index in [1.807, 2.05) is 18.2 Å². The van der Waals surface area contributed by atoms with Gasteiger partial charge in [-0.1, -0.05) is 18.2 Å². The molecule has 2 aromatic carbocycles. The predicted octanol–water partition coefficient (Wildman–Crippen LogP) is 3.89. The number of carbonyl (C=O) groups excluding carboxylic acids is 2. The summed E-state index contributed by atoms with van der Waals surface area (Å²) >= 11 is 0. The minimum absolute atomic E-state index is 0.158. The Balaban J connectivity index is 1.60. The fraction of sp³-hybridized carbons (Fsp3) is 0.143. The molecule has 27 heavy (non-hydrogen) atoms. The Bertz CT molecular complexity index is 944. The van der Waals surface area contributed by atoms with Gasteiger partial charge in [0.2, 0.25) is 5.78 Å². The SMILES string of the molecule is COc1cc(/C=C/C(=O)OCC(=O)c2cc3ccccc3o2)cc(OC)c1. The summed E-state index contributed by atoms with van der Waals surface area (Å²) < 4.78 is 20.8. The summed E-state index contributed by atoms with van der Waals surface area (Å²) in [6, 6.07) is 14.1. The van der Waals surface area contributed by atoms with Gasteiger partial charge in [-0.3, -0.25) is 4.79 Å². The monoisotopic (exact) mass is 366 g/mol. The fourth-order valence-corrected chi connectivity index (χ4v) is 2.47. The van der Waals surface area contributed by atoms with Crippen LogP contribution in [-0.2, 0) is 9.53 Å². The number of methoxy groups -OCH3 is 2. The molecule has 0 aliphatic rings. The molecule has 0 aliphatic heterocycles. The zero-order chi connectivity index (χ0) is 19.2. The van der Waals surface area contributed by atoms with Gasteiger partial charge < -0.3 is 18.6 Å². The first-order valence-electron chi connectivity index (χ1n) is 8.19. The molecule has 6 heteroatoms. The highest BCUT2D eigenvalue weighted by Gasteiger charge is 2.13. The van der Waals surface area contributed by atoms with E-state index < -0.39 is 18.4 Å². The Morgan fingerprint density at radius 3 is 2.37 bits per heavy atom. The van der Waals surface area contributed by atoms with Crippen LogP contribution in [0.15, 0.2) is 59.0 Å². The molecular formula is C21H18O6. The lowest BCUT2D eigenvalue weighted by Crippen LogP contribution is -2.11. The molecule has 138 valence electrons. The number of para-hydroxylation sites is 1. The third-order valence-electron chi connectivity index (χ3n) is 3.83. The largest absolute Gasteiger partial charge is 0.497 e. The van der Waals surface area contributed by atoms with Gasteiger partial charge >= 0.3 is 5.97 Å². The Kier molecular flexibility index (Phi) is 5.56. The maximum Gasteiger partial charge on any atom is 0.331 e. The van der Waals surface area contributed by atoms with E-state index in [4.69, 9.17) is 18.6 Å². The predicted molar refractivity (Wildman–Crippen MR) is 100 cm³/mol. The van der Waals surface area contributed by atoms with Crippen LogP contribution in [0, 0.1) is 0 Å². The van der Waals surface area contributed by atoms with Gasteiger partial charge in [-0.15, -0.1) is 0 Å². The Hall–Kier alpha value is -3.54. The van der Waals surface area contributed by atoms with Gasteiger partial charge in [0.25, 0.3) is 0 Å². The van der Waals surface area contributed by atoms with Crippen molar-refractivity contribution in [3.8, 4) is 11.5 Å². The van der Waals surface area contributed by atoms with Crippen molar-refractivity contribution in [2.45, 2.75) is 0 Å². The summed E-state index contributed by atoms with van der Waals surface area (Å²) in [6.07, 6.45) is 2.79. The van der Waals surface area contributed by atoms with Gasteiger partial charge in [-0.25, -0.2) is 4.79 Å². The number of furan rings is 1. The number of esters is 1. The number of benzene rings is 2. The number of fused-ring (bicyclic) bond motifs is 1. The molecule has 1 heterocycles. The average molecular weight is 366 g/mol. The lowest BCUT2D eigenvalue weighted by Gasteiger charge is -2.05. The van der Waals surface area contributed by atoms with Crippen molar-refractivity contribution in [2.75, 3.05) is 20.8 Å². The summed E-state index contributed by atoms with van der Waals surface area (Å²) in [5.74, 6) is 0.313. The summed E-state index contributed by atoms with van der Waals surface area (Å²) in [7, 11) is 3.08. The summed E-state index contributed by atoms with van der Waals surface area (Å²) in [5, 5.41) is 0.819. The van der Waals surface area contributed by atoms with Crippen molar-refractivity contribution in [1.29, 1.82) is 0 Å². The van der Waals surface area contributed by atoms with E-state index >= 15 is 0 Å². The van der Waals surface area contributed by atoms with Crippen LogP contribution in [-0.4, -0.2) is 32.6 Å². The van der Waals surface area contributed by atoms with E-state index in [0.717, 1.165) is 5.39 Å². The van der Waals surface area contributed by atoms with E-state index in [0.29, 0.717) is 22.6 Å². The summed E-state index contributed by atoms with van der Waals surface area (Å²) in [4.78, 5) is 24.0. The molecule has 3 aromatic rings. The molecule has 0 fully saturated rings. The molecule has 0 amide bonds. The first kappa shape index (κ1) is 18.3. The zero-order valence-electron chi connectivity index (χ0n) is 14.9. The van der Waals surface area contributed by atoms with E-state index in [-0.39, 0.29) is 5.76 Å². The normalized spacial score (nSPS) is 10.9. The van der Waals surface area contributed by atoms with Crippen molar-refractivity contribution in [3.05, 3.63) is 65.9 Å². The van der Waals surface area contributed by atoms with E-state index in [9.17, 15) is 9.59 Å². The second-order valence-corrected chi connectivity index (χ2v) is 5.66. The molecular weight excluding hydrogens is 348 g/mol. The standard InChI is InChI=1S/C21H18O6/c1-24-16-9-14(10-17(12-16)25-2)7-8-21(23)26-13-18(22)20-11-15-5-3-4-6-19(15)27-20/h3-12H,13H2,1-2H3/b8-7+. The lowest BCUT2D eigenvalue weighted by molar-refractivity contribution is -0.136.